The SMILES string of the molecule is COC(=O)c1ccc(OC(=O)C=Cc2ccc([N+](=O)[O-])cc2)cc1. The van der Waals surface area contributed by atoms with E-state index in [0.717, 1.165) is 0 Å². The average molecular weight is 327 g/mol. The third kappa shape index (κ3) is 4.51. The fourth-order valence-electron chi connectivity index (χ4n) is 1.80. The second-order valence-electron chi connectivity index (χ2n) is 4.62. The molecule has 0 fully saturated rings. The zero-order valence-corrected chi connectivity index (χ0v) is 12.7. The van der Waals surface area contributed by atoms with E-state index in [1.54, 1.807) is 0 Å². The summed E-state index contributed by atoms with van der Waals surface area (Å²) in [4.78, 5) is 33.1. The summed E-state index contributed by atoms with van der Waals surface area (Å²) in [6.45, 7) is 0. The van der Waals surface area contributed by atoms with E-state index < -0.39 is 16.9 Å². The van der Waals surface area contributed by atoms with Gasteiger partial charge in [0.05, 0.1) is 17.6 Å². The third-order valence-corrected chi connectivity index (χ3v) is 3.01. The number of benzene rings is 2. The molecule has 0 atom stereocenters. The Balaban J connectivity index is 1.97. The molecule has 0 N–H and O–H groups in total. The van der Waals surface area contributed by atoms with Gasteiger partial charge in [-0.15, -0.1) is 0 Å². The van der Waals surface area contributed by atoms with Gasteiger partial charge in [-0.3, -0.25) is 10.1 Å². The largest absolute Gasteiger partial charge is 0.465 e. The van der Waals surface area contributed by atoms with Crippen LogP contribution in [-0.2, 0) is 9.53 Å². The van der Waals surface area contributed by atoms with Crippen molar-refractivity contribution in [1.29, 1.82) is 0 Å². The number of nitrogens with zero attached hydrogens (tertiary/aromatic N) is 1. The average Bonchev–Trinajstić information content (AvgIpc) is 2.60. The van der Waals surface area contributed by atoms with E-state index in [9.17, 15) is 19.7 Å². The quantitative estimate of drug-likeness (QED) is 0.275. The first-order valence-electron chi connectivity index (χ1n) is 6.82. The highest BCUT2D eigenvalue weighted by Gasteiger charge is 2.06. The first-order valence-corrected chi connectivity index (χ1v) is 6.82. The molecule has 0 bridgehead atoms. The van der Waals surface area contributed by atoms with E-state index in [-0.39, 0.29) is 11.4 Å². The Labute approximate surface area is 137 Å². The summed E-state index contributed by atoms with van der Waals surface area (Å²) in [7, 11) is 1.28. The van der Waals surface area contributed by atoms with E-state index in [2.05, 4.69) is 4.74 Å². The van der Waals surface area contributed by atoms with Crippen molar-refractivity contribution in [2.75, 3.05) is 7.11 Å². The third-order valence-electron chi connectivity index (χ3n) is 3.01. The van der Waals surface area contributed by atoms with Gasteiger partial charge < -0.3 is 9.47 Å². The predicted molar refractivity (Wildman–Crippen MR) is 85.5 cm³/mol. The molecule has 7 nitrogen and oxygen atoms in total. The molecule has 2 aromatic carbocycles. The molecule has 2 aromatic rings. The summed E-state index contributed by atoms with van der Waals surface area (Å²) in [5.74, 6) is -0.814. The maximum atomic E-state index is 11.7. The van der Waals surface area contributed by atoms with Crippen LogP contribution in [0, 0.1) is 10.1 Å². The lowest BCUT2D eigenvalue weighted by atomic mass is 10.2. The second kappa shape index (κ2) is 7.68. The highest BCUT2D eigenvalue weighted by Crippen LogP contribution is 2.15. The lowest BCUT2D eigenvalue weighted by Gasteiger charge is -2.02. The number of carbonyl (C=O) groups is 2. The predicted octanol–water partition coefficient (Wildman–Crippen LogP) is 3.00. The zero-order chi connectivity index (χ0) is 17.5. The maximum absolute atomic E-state index is 11.7. The minimum Gasteiger partial charge on any atom is -0.465 e. The van der Waals surface area contributed by atoms with E-state index in [1.165, 1.54) is 67.8 Å². The summed E-state index contributed by atoms with van der Waals surface area (Å²) in [5, 5.41) is 10.6. The molecule has 0 heterocycles. The lowest BCUT2D eigenvalue weighted by molar-refractivity contribution is -0.384. The lowest BCUT2D eigenvalue weighted by Crippen LogP contribution is -2.05. The van der Waals surface area contributed by atoms with Crippen molar-refractivity contribution in [3.8, 4) is 5.75 Å². The summed E-state index contributed by atoms with van der Waals surface area (Å²) in [5.41, 5.74) is 0.942. The number of hydrogen-bond donors (Lipinski definition) is 0. The molecule has 0 spiro atoms. The van der Waals surface area contributed by atoms with Crippen LogP contribution in [0.4, 0.5) is 5.69 Å². The number of non-ortho nitro benzene ring substituents is 1. The Morgan fingerprint density at radius 3 is 2.21 bits per heavy atom. The van der Waals surface area contributed by atoms with Gasteiger partial charge in [-0.05, 0) is 48.0 Å². The molecule has 24 heavy (non-hydrogen) atoms. The standard InChI is InChI=1S/C17H13NO6/c1-23-17(20)13-5-9-15(10-6-13)24-16(19)11-4-12-2-7-14(8-3-12)18(21)22/h2-11H,1H3. The molecule has 122 valence electrons. The Kier molecular flexibility index (Phi) is 5.40. The van der Waals surface area contributed by atoms with Crippen LogP contribution in [0.1, 0.15) is 15.9 Å². The molecular formula is C17H13NO6. The number of nitro groups is 1. The minimum absolute atomic E-state index is 0.0274. The van der Waals surface area contributed by atoms with Gasteiger partial charge in [0.1, 0.15) is 5.75 Å². The molecule has 0 saturated carbocycles. The molecule has 0 radical (unpaired) electrons. The van der Waals surface area contributed by atoms with Gasteiger partial charge in [0.2, 0.25) is 0 Å². The first-order chi connectivity index (χ1) is 11.5. The van der Waals surface area contributed by atoms with Crippen LogP contribution in [0.25, 0.3) is 6.08 Å². The van der Waals surface area contributed by atoms with Gasteiger partial charge >= 0.3 is 11.9 Å². The smallest absolute Gasteiger partial charge is 0.337 e. The van der Waals surface area contributed by atoms with Gasteiger partial charge in [0, 0.05) is 18.2 Å². The van der Waals surface area contributed by atoms with E-state index >= 15 is 0 Å². The summed E-state index contributed by atoms with van der Waals surface area (Å²) in [6.07, 6.45) is 2.68. The molecule has 0 aliphatic carbocycles. The molecule has 0 saturated heterocycles. The number of rotatable bonds is 5. The van der Waals surface area contributed by atoms with Crippen molar-refractivity contribution >= 4 is 23.7 Å². The van der Waals surface area contributed by atoms with Crippen LogP contribution in [-0.4, -0.2) is 24.0 Å². The maximum Gasteiger partial charge on any atom is 0.337 e. The number of carbonyl (C=O) groups excluding carboxylic acids is 2. The number of esters is 2. The summed E-state index contributed by atoms with van der Waals surface area (Å²) < 4.78 is 9.65. The van der Waals surface area contributed by atoms with Gasteiger partial charge in [0.25, 0.3) is 5.69 Å². The highest BCUT2D eigenvalue weighted by molar-refractivity contribution is 5.90. The monoisotopic (exact) mass is 327 g/mol. The Hall–Kier alpha value is -3.48. The second-order valence-corrected chi connectivity index (χ2v) is 4.62. The first kappa shape index (κ1) is 16.9. The number of hydrogen-bond acceptors (Lipinski definition) is 6. The summed E-state index contributed by atoms with van der Waals surface area (Å²) in [6, 6.07) is 11.6. The molecule has 0 unspecified atom stereocenters. The highest BCUT2D eigenvalue weighted by atomic mass is 16.6. The van der Waals surface area contributed by atoms with Crippen LogP contribution in [0.15, 0.2) is 54.6 Å². The number of methoxy groups -OCH3 is 1. The van der Waals surface area contributed by atoms with Crippen LogP contribution in [0.5, 0.6) is 5.75 Å². The van der Waals surface area contributed by atoms with E-state index in [1.807, 2.05) is 0 Å². The Morgan fingerprint density at radius 1 is 1.04 bits per heavy atom. The van der Waals surface area contributed by atoms with Crippen LogP contribution < -0.4 is 4.74 Å². The van der Waals surface area contributed by atoms with E-state index in [0.29, 0.717) is 11.1 Å². The molecule has 0 amide bonds. The molecule has 0 aromatic heterocycles. The van der Waals surface area contributed by atoms with Gasteiger partial charge in [-0.1, -0.05) is 0 Å². The number of ether oxygens (including phenoxy) is 2. The van der Waals surface area contributed by atoms with Crippen LogP contribution in [0.2, 0.25) is 0 Å². The zero-order valence-electron chi connectivity index (χ0n) is 12.7. The van der Waals surface area contributed by atoms with Crippen molar-refractivity contribution in [2.45, 2.75) is 0 Å². The van der Waals surface area contributed by atoms with Crippen molar-refractivity contribution in [1.82, 2.24) is 0 Å². The van der Waals surface area contributed by atoms with Crippen molar-refractivity contribution in [3.05, 3.63) is 75.8 Å². The molecular weight excluding hydrogens is 314 g/mol. The van der Waals surface area contributed by atoms with E-state index in [4.69, 9.17) is 4.74 Å². The Bertz CT molecular complexity index is 778. The van der Waals surface area contributed by atoms with Gasteiger partial charge in [0.15, 0.2) is 0 Å². The number of nitro benzene ring substituents is 1. The fourth-order valence-corrected chi connectivity index (χ4v) is 1.80. The Morgan fingerprint density at radius 2 is 1.67 bits per heavy atom. The molecule has 0 aliphatic rings. The van der Waals surface area contributed by atoms with Crippen molar-refractivity contribution < 1.29 is 24.0 Å². The van der Waals surface area contributed by atoms with Crippen molar-refractivity contribution in [2.24, 2.45) is 0 Å². The van der Waals surface area contributed by atoms with Gasteiger partial charge in [-0.25, -0.2) is 9.59 Å². The normalized spacial score (nSPS) is 10.4. The molecule has 0 aliphatic heterocycles. The van der Waals surface area contributed by atoms with Crippen LogP contribution >= 0.6 is 0 Å². The fraction of sp³-hybridized carbons (Fsp3) is 0.0588. The minimum atomic E-state index is -0.612. The van der Waals surface area contributed by atoms with Gasteiger partial charge in [-0.2, -0.15) is 0 Å². The summed E-state index contributed by atoms with van der Waals surface area (Å²) >= 11 is 0. The molecule has 7 heteroatoms. The topological polar surface area (TPSA) is 95.7 Å². The van der Waals surface area contributed by atoms with Crippen LogP contribution in [0.3, 0.4) is 0 Å². The van der Waals surface area contributed by atoms with Crippen molar-refractivity contribution in [3.63, 3.8) is 0 Å². The molecule has 2 rings (SSSR count).